The molecule has 0 radical (unpaired) electrons. The van der Waals surface area contributed by atoms with Crippen molar-refractivity contribution in [3.63, 3.8) is 0 Å². The van der Waals surface area contributed by atoms with Gasteiger partial charge in [0.25, 0.3) is 0 Å². The molecule has 1 heteroatoms. The van der Waals surface area contributed by atoms with Gasteiger partial charge in [-0.3, -0.25) is 4.79 Å². The number of Topliss-reactive ketones (excluding diaryl/α,β-unsaturated/α-hetero) is 1. The number of benzene rings is 1. The van der Waals surface area contributed by atoms with E-state index in [1.165, 1.54) is 101 Å². The molecule has 2 saturated carbocycles. The summed E-state index contributed by atoms with van der Waals surface area (Å²) in [5, 5.41) is 0. The SMILES string of the molecule is CCCCCCC(c1cccc(C)c1)C1CCCC(C(=O)CC(CCC)CC2CCCC2)C1. The molecule has 0 saturated heterocycles. The topological polar surface area (TPSA) is 17.1 Å². The first-order valence-corrected chi connectivity index (χ1v) is 14.7. The van der Waals surface area contributed by atoms with Crippen LogP contribution in [0.1, 0.15) is 140 Å². The summed E-state index contributed by atoms with van der Waals surface area (Å²) in [6.07, 6.45) is 21.8. The first-order chi connectivity index (χ1) is 16.1. The van der Waals surface area contributed by atoms with Crippen molar-refractivity contribution in [3.05, 3.63) is 35.4 Å². The van der Waals surface area contributed by atoms with Gasteiger partial charge < -0.3 is 0 Å². The van der Waals surface area contributed by atoms with Crippen molar-refractivity contribution in [2.24, 2.45) is 23.7 Å². The van der Waals surface area contributed by atoms with Crippen LogP contribution in [0.2, 0.25) is 0 Å². The van der Waals surface area contributed by atoms with E-state index in [2.05, 4.69) is 45.0 Å². The van der Waals surface area contributed by atoms with Crippen LogP contribution < -0.4 is 0 Å². The highest BCUT2D eigenvalue weighted by Crippen LogP contribution is 2.43. The van der Waals surface area contributed by atoms with E-state index in [-0.39, 0.29) is 0 Å². The van der Waals surface area contributed by atoms with Gasteiger partial charge in [0.05, 0.1) is 0 Å². The van der Waals surface area contributed by atoms with Gasteiger partial charge in [0.2, 0.25) is 0 Å². The second-order valence-electron chi connectivity index (χ2n) is 11.7. The Balaban J connectivity index is 1.62. The van der Waals surface area contributed by atoms with Crippen LogP contribution in [0.25, 0.3) is 0 Å². The minimum absolute atomic E-state index is 0.328. The van der Waals surface area contributed by atoms with Gasteiger partial charge in [0.15, 0.2) is 0 Å². The standard InChI is InChI=1S/C32H52O/c1-4-6-7-8-20-31(28-17-11-14-25(3)21-28)29-18-12-19-30(24-29)32(33)23-27(13-5-2)22-26-15-9-10-16-26/h11,14,17,21,26-27,29-31H,4-10,12-13,15-16,18-20,22-24H2,1-3H3. The lowest BCUT2D eigenvalue weighted by Gasteiger charge is -2.35. The molecule has 2 fully saturated rings. The van der Waals surface area contributed by atoms with Crippen LogP contribution in [0.15, 0.2) is 24.3 Å². The number of carbonyl (C=O) groups is 1. The molecular formula is C32H52O. The third kappa shape index (κ3) is 8.56. The van der Waals surface area contributed by atoms with Crippen molar-refractivity contribution in [1.82, 2.24) is 0 Å². The number of hydrogen-bond acceptors (Lipinski definition) is 1. The summed E-state index contributed by atoms with van der Waals surface area (Å²) in [6, 6.07) is 9.26. The zero-order valence-corrected chi connectivity index (χ0v) is 22.1. The Morgan fingerprint density at radius 2 is 1.76 bits per heavy atom. The smallest absolute Gasteiger partial charge is 0.136 e. The van der Waals surface area contributed by atoms with E-state index in [0.29, 0.717) is 29.5 Å². The zero-order chi connectivity index (χ0) is 23.5. The molecule has 0 amide bonds. The number of carbonyl (C=O) groups excluding carboxylic acids is 1. The Morgan fingerprint density at radius 3 is 2.48 bits per heavy atom. The predicted molar refractivity (Wildman–Crippen MR) is 143 cm³/mol. The monoisotopic (exact) mass is 452 g/mol. The summed E-state index contributed by atoms with van der Waals surface area (Å²) < 4.78 is 0. The Hall–Kier alpha value is -1.11. The van der Waals surface area contributed by atoms with Crippen LogP contribution in [0.5, 0.6) is 0 Å². The number of unbranched alkanes of at least 4 members (excludes halogenated alkanes) is 3. The highest BCUT2D eigenvalue weighted by molar-refractivity contribution is 5.81. The molecule has 1 nitrogen and oxygen atoms in total. The van der Waals surface area contributed by atoms with Gasteiger partial charge in [-0.1, -0.05) is 114 Å². The van der Waals surface area contributed by atoms with Crippen LogP contribution >= 0.6 is 0 Å². The minimum Gasteiger partial charge on any atom is -0.299 e. The second-order valence-corrected chi connectivity index (χ2v) is 11.7. The van der Waals surface area contributed by atoms with Crippen LogP contribution in [-0.4, -0.2) is 5.78 Å². The van der Waals surface area contributed by atoms with E-state index < -0.39 is 0 Å². The summed E-state index contributed by atoms with van der Waals surface area (Å²) in [7, 11) is 0. The average molecular weight is 453 g/mol. The van der Waals surface area contributed by atoms with Crippen molar-refractivity contribution < 1.29 is 4.79 Å². The molecule has 0 aliphatic heterocycles. The van der Waals surface area contributed by atoms with Gasteiger partial charge in [-0.15, -0.1) is 0 Å². The van der Waals surface area contributed by atoms with Crippen molar-refractivity contribution >= 4 is 5.78 Å². The summed E-state index contributed by atoms with van der Waals surface area (Å²) >= 11 is 0. The maximum atomic E-state index is 13.5. The largest absolute Gasteiger partial charge is 0.299 e. The quantitative estimate of drug-likeness (QED) is 0.257. The minimum atomic E-state index is 0.328. The molecule has 2 aliphatic carbocycles. The van der Waals surface area contributed by atoms with E-state index >= 15 is 0 Å². The van der Waals surface area contributed by atoms with E-state index in [1.54, 1.807) is 0 Å². The third-order valence-corrected chi connectivity index (χ3v) is 8.91. The fraction of sp³-hybridized carbons (Fsp3) is 0.781. The van der Waals surface area contributed by atoms with Gasteiger partial charge in [0, 0.05) is 12.3 Å². The Bertz CT molecular complexity index is 685. The van der Waals surface area contributed by atoms with Crippen molar-refractivity contribution in [3.8, 4) is 0 Å². The normalized spacial score (nSPS) is 23.5. The Kier molecular flexibility index (Phi) is 11.5. The van der Waals surface area contributed by atoms with Crippen LogP contribution in [-0.2, 0) is 4.79 Å². The van der Waals surface area contributed by atoms with Crippen molar-refractivity contribution in [1.29, 1.82) is 0 Å². The lowest BCUT2D eigenvalue weighted by molar-refractivity contribution is -0.125. The zero-order valence-electron chi connectivity index (χ0n) is 22.1. The third-order valence-electron chi connectivity index (χ3n) is 8.91. The molecule has 0 bridgehead atoms. The van der Waals surface area contributed by atoms with Gasteiger partial charge in [-0.25, -0.2) is 0 Å². The summed E-state index contributed by atoms with van der Waals surface area (Å²) in [5.41, 5.74) is 2.92. The Labute approximate surface area is 205 Å². The number of hydrogen-bond donors (Lipinski definition) is 0. The van der Waals surface area contributed by atoms with Gasteiger partial charge in [0.1, 0.15) is 5.78 Å². The molecule has 4 unspecified atom stereocenters. The first-order valence-electron chi connectivity index (χ1n) is 14.7. The molecule has 0 spiro atoms. The number of ketones is 1. The highest BCUT2D eigenvalue weighted by atomic mass is 16.1. The van der Waals surface area contributed by atoms with Crippen molar-refractivity contribution in [2.45, 2.75) is 136 Å². The van der Waals surface area contributed by atoms with E-state index in [4.69, 9.17) is 0 Å². The fourth-order valence-corrected chi connectivity index (χ4v) is 7.13. The van der Waals surface area contributed by atoms with Gasteiger partial charge in [-0.2, -0.15) is 0 Å². The lowest BCUT2D eigenvalue weighted by atomic mass is 9.69. The molecule has 186 valence electrons. The van der Waals surface area contributed by atoms with Crippen LogP contribution in [0.3, 0.4) is 0 Å². The van der Waals surface area contributed by atoms with Gasteiger partial charge >= 0.3 is 0 Å². The molecule has 1 aromatic carbocycles. The molecule has 0 N–H and O–H groups in total. The maximum Gasteiger partial charge on any atom is 0.136 e. The van der Waals surface area contributed by atoms with Crippen molar-refractivity contribution in [2.75, 3.05) is 0 Å². The lowest BCUT2D eigenvalue weighted by Crippen LogP contribution is -2.28. The molecule has 2 aliphatic rings. The second kappa shape index (κ2) is 14.3. The first kappa shape index (κ1) is 26.5. The van der Waals surface area contributed by atoms with E-state index in [1.807, 2.05) is 0 Å². The fourth-order valence-electron chi connectivity index (χ4n) is 7.13. The molecule has 4 atom stereocenters. The summed E-state index contributed by atoms with van der Waals surface area (Å²) in [4.78, 5) is 13.5. The highest BCUT2D eigenvalue weighted by Gasteiger charge is 2.33. The van der Waals surface area contributed by atoms with Gasteiger partial charge in [-0.05, 0) is 68.3 Å². The molecule has 0 aromatic heterocycles. The maximum absolute atomic E-state index is 13.5. The van der Waals surface area contributed by atoms with Crippen LogP contribution in [0, 0.1) is 30.6 Å². The number of rotatable bonds is 14. The molecule has 33 heavy (non-hydrogen) atoms. The number of aryl methyl sites for hydroxylation is 1. The average Bonchev–Trinajstić information content (AvgIpc) is 3.32. The van der Waals surface area contributed by atoms with Crippen LogP contribution in [0.4, 0.5) is 0 Å². The molecule has 0 heterocycles. The molecule has 1 aromatic rings. The Morgan fingerprint density at radius 1 is 0.939 bits per heavy atom. The van der Waals surface area contributed by atoms with E-state index in [9.17, 15) is 4.79 Å². The summed E-state index contributed by atoms with van der Waals surface area (Å²) in [5.74, 6) is 3.83. The van der Waals surface area contributed by atoms with E-state index in [0.717, 1.165) is 25.2 Å². The molecule has 3 rings (SSSR count). The molecular weight excluding hydrogens is 400 g/mol. The predicted octanol–water partition coefficient (Wildman–Crippen LogP) is 9.81. The summed E-state index contributed by atoms with van der Waals surface area (Å²) in [6.45, 7) is 6.82.